The van der Waals surface area contributed by atoms with Gasteiger partial charge in [0.15, 0.2) is 10.9 Å². The van der Waals surface area contributed by atoms with Crippen LogP contribution in [0.15, 0.2) is 23.6 Å². The van der Waals surface area contributed by atoms with Gasteiger partial charge in [0, 0.05) is 26.5 Å². The minimum absolute atomic E-state index is 0.547. The average Bonchev–Trinajstić information content (AvgIpc) is 2.26. The van der Waals surface area contributed by atoms with Crippen LogP contribution in [-0.2, 0) is 0 Å². The molecular formula is C9H13N5S. The van der Waals surface area contributed by atoms with Gasteiger partial charge in [-0.2, -0.15) is 5.10 Å². The van der Waals surface area contributed by atoms with Crippen LogP contribution in [0.1, 0.15) is 12.7 Å². The van der Waals surface area contributed by atoms with Crippen molar-refractivity contribution < 1.29 is 0 Å². The Morgan fingerprint density at radius 1 is 1.40 bits per heavy atom. The molecule has 0 saturated carbocycles. The zero-order valence-corrected chi connectivity index (χ0v) is 9.75. The van der Waals surface area contributed by atoms with E-state index in [2.05, 4.69) is 20.5 Å². The fourth-order valence-corrected chi connectivity index (χ4v) is 0.813. The first kappa shape index (κ1) is 11.5. The second kappa shape index (κ2) is 5.35. The van der Waals surface area contributed by atoms with Gasteiger partial charge in [-0.3, -0.25) is 5.43 Å². The van der Waals surface area contributed by atoms with Crippen molar-refractivity contribution in [3.63, 3.8) is 0 Å². The fourth-order valence-electron chi connectivity index (χ4n) is 0.768. The fraction of sp³-hybridized carbons (Fsp3) is 0.333. The minimum atomic E-state index is 0.547. The van der Waals surface area contributed by atoms with E-state index >= 15 is 0 Å². The van der Waals surface area contributed by atoms with Crippen molar-refractivity contribution in [2.24, 2.45) is 5.10 Å². The third-order valence-corrected chi connectivity index (χ3v) is 2.07. The number of rotatable bonds is 2. The van der Waals surface area contributed by atoms with Crippen LogP contribution in [0.2, 0.25) is 0 Å². The Bertz CT molecular complexity index is 360. The van der Waals surface area contributed by atoms with Crippen LogP contribution in [0.3, 0.4) is 0 Å². The zero-order chi connectivity index (χ0) is 11.3. The molecule has 1 heterocycles. The second-order valence-electron chi connectivity index (χ2n) is 3.08. The molecule has 0 amide bonds. The van der Waals surface area contributed by atoms with E-state index < -0.39 is 0 Å². The third-order valence-electron chi connectivity index (χ3n) is 1.61. The van der Waals surface area contributed by atoms with Gasteiger partial charge in [0.05, 0.1) is 0 Å². The smallest absolute Gasteiger partial charge is 0.189 e. The molecule has 1 rings (SSSR count). The molecule has 0 spiro atoms. The second-order valence-corrected chi connectivity index (χ2v) is 3.47. The topological polar surface area (TPSA) is 53.4 Å². The van der Waals surface area contributed by atoms with Gasteiger partial charge in [-0.05, 0) is 25.2 Å². The molecular weight excluding hydrogens is 210 g/mol. The normalized spacial score (nSPS) is 11.0. The Labute approximate surface area is 94.2 Å². The molecule has 0 aliphatic carbocycles. The summed E-state index contributed by atoms with van der Waals surface area (Å²) in [5, 5.41) is 4.62. The standard InChI is InChI=1S/C9H13N5S/c1-7(8-10-5-4-6-11-8)12-13-9(15)14(2)3/h4-6H,1-3H3,(H,13,15)/b12-7-. The van der Waals surface area contributed by atoms with Gasteiger partial charge in [-0.1, -0.05) is 0 Å². The number of aromatic nitrogens is 2. The Morgan fingerprint density at radius 2 is 2.00 bits per heavy atom. The number of nitrogens with zero attached hydrogens (tertiary/aromatic N) is 4. The average molecular weight is 223 g/mol. The Kier molecular flexibility index (Phi) is 4.11. The van der Waals surface area contributed by atoms with Crippen molar-refractivity contribution in [1.82, 2.24) is 20.3 Å². The molecule has 0 fully saturated rings. The summed E-state index contributed by atoms with van der Waals surface area (Å²) in [7, 11) is 3.69. The van der Waals surface area contributed by atoms with Crippen LogP contribution >= 0.6 is 12.2 Å². The maximum atomic E-state index is 5.01. The Balaban J connectivity index is 2.65. The summed E-state index contributed by atoms with van der Waals surface area (Å²) in [4.78, 5) is 9.89. The van der Waals surface area contributed by atoms with Crippen molar-refractivity contribution in [3.05, 3.63) is 24.3 Å². The molecule has 0 radical (unpaired) electrons. The lowest BCUT2D eigenvalue weighted by molar-refractivity contribution is 0.606. The number of thiocarbonyl (C=S) groups is 1. The van der Waals surface area contributed by atoms with Gasteiger partial charge >= 0.3 is 0 Å². The SMILES string of the molecule is C/C(=N/NC(=S)N(C)C)c1ncccn1. The molecule has 5 nitrogen and oxygen atoms in total. The van der Waals surface area contributed by atoms with E-state index in [1.807, 2.05) is 21.0 Å². The maximum absolute atomic E-state index is 5.01. The predicted molar refractivity (Wildman–Crippen MR) is 63.7 cm³/mol. The first-order valence-corrected chi connectivity index (χ1v) is 4.81. The molecule has 0 unspecified atom stereocenters. The Morgan fingerprint density at radius 3 is 2.53 bits per heavy atom. The predicted octanol–water partition coefficient (Wildman–Crippen LogP) is 0.637. The molecule has 0 aliphatic heterocycles. The van der Waals surface area contributed by atoms with Gasteiger partial charge in [-0.15, -0.1) is 0 Å². The molecule has 80 valence electrons. The molecule has 0 bridgehead atoms. The lowest BCUT2D eigenvalue weighted by Gasteiger charge is -2.12. The molecule has 15 heavy (non-hydrogen) atoms. The quantitative estimate of drug-likeness (QED) is 0.453. The number of hydrogen-bond donors (Lipinski definition) is 1. The summed E-state index contributed by atoms with van der Waals surface area (Å²) >= 11 is 5.01. The summed E-state index contributed by atoms with van der Waals surface area (Å²) in [6.45, 7) is 1.82. The molecule has 0 aromatic carbocycles. The van der Waals surface area contributed by atoms with Crippen LogP contribution < -0.4 is 5.43 Å². The maximum Gasteiger partial charge on any atom is 0.189 e. The number of hydrazone groups is 1. The summed E-state index contributed by atoms with van der Waals surface area (Å²) in [6.07, 6.45) is 3.34. The third kappa shape index (κ3) is 3.59. The Hall–Kier alpha value is -1.56. The molecule has 1 N–H and O–H groups in total. The van der Waals surface area contributed by atoms with Crippen LogP contribution in [0.4, 0.5) is 0 Å². The largest absolute Gasteiger partial charge is 0.354 e. The van der Waals surface area contributed by atoms with Gasteiger partial charge in [0.25, 0.3) is 0 Å². The highest BCUT2D eigenvalue weighted by Gasteiger charge is 2.00. The van der Waals surface area contributed by atoms with Gasteiger partial charge in [0.2, 0.25) is 0 Å². The highest BCUT2D eigenvalue weighted by Crippen LogP contribution is 1.90. The number of nitrogens with one attached hydrogen (secondary N) is 1. The lowest BCUT2D eigenvalue weighted by atomic mass is 10.4. The van der Waals surface area contributed by atoms with E-state index in [1.54, 1.807) is 23.4 Å². The van der Waals surface area contributed by atoms with Crippen molar-refractivity contribution in [1.29, 1.82) is 0 Å². The molecule has 6 heteroatoms. The molecule has 1 aromatic rings. The number of hydrogen-bond acceptors (Lipinski definition) is 4. The highest BCUT2D eigenvalue weighted by atomic mass is 32.1. The van der Waals surface area contributed by atoms with Crippen LogP contribution in [0, 0.1) is 0 Å². The van der Waals surface area contributed by atoms with Gasteiger partial charge in [-0.25, -0.2) is 9.97 Å². The summed E-state index contributed by atoms with van der Waals surface area (Å²) in [5.74, 6) is 0.589. The van der Waals surface area contributed by atoms with Gasteiger partial charge in [0.1, 0.15) is 5.71 Å². The molecule has 0 saturated heterocycles. The van der Waals surface area contributed by atoms with E-state index in [4.69, 9.17) is 12.2 Å². The van der Waals surface area contributed by atoms with Crippen LogP contribution in [0.25, 0.3) is 0 Å². The first-order valence-electron chi connectivity index (χ1n) is 4.40. The highest BCUT2D eigenvalue weighted by molar-refractivity contribution is 7.80. The van der Waals surface area contributed by atoms with Crippen LogP contribution in [-0.4, -0.2) is 39.8 Å². The summed E-state index contributed by atoms with van der Waals surface area (Å²) in [5.41, 5.74) is 3.44. The van der Waals surface area contributed by atoms with Crippen molar-refractivity contribution in [2.75, 3.05) is 14.1 Å². The van der Waals surface area contributed by atoms with E-state index in [-0.39, 0.29) is 0 Å². The summed E-state index contributed by atoms with van der Waals surface area (Å²) < 4.78 is 0. The van der Waals surface area contributed by atoms with E-state index in [1.165, 1.54) is 0 Å². The van der Waals surface area contributed by atoms with Gasteiger partial charge < -0.3 is 4.90 Å². The summed E-state index contributed by atoms with van der Waals surface area (Å²) in [6, 6.07) is 1.76. The van der Waals surface area contributed by atoms with Crippen LogP contribution in [0.5, 0.6) is 0 Å². The zero-order valence-electron chi connectivity index (χ0n) is 8.93. The first-order chi connectivity index (χ1) is 7.11. The molecule has 1 aromatic heterocycles. The lowest BCUT2D eigenvalue weighted by Crippen LogP contribution is -2.31. The monoisotopic (exact) mass is 223 g/mol. The van der Waals surface area contributed by atoms with E-state index in [0.29, 0.717) is 16.6 Å². The van der Waals surface area contributed by atoms with Crippen molar-refractivity contribution >= 4 is 23.0 Å². The van der Waals surface area contributed by atoms with Crippen molar-refractivity contribution in [2.45, 2.75) is 6.92 Å². The van der Waals surface area contributed by atoms with E-state index in [9.17, 15) is 0 Å². The van der Waals surface area contributed by atoms with Crippen molar-refractivity contribution in [3.8, 4) is 0 Å². The molecule has 0 atom stereocenters. The van der Waals surface area contributed by atoms with E-state index in [0.717, 1.165) is 0 Å². The minimum Gasteiger partial charge on any atom is -0.354 e. The molecule has 0 aliphatic rings.